The van der Waals surface area contributed by atoms with Gasteiger partial charge in [-0.15, -0.1) is 0 Å². The van der Waals surface area contributed by atoms with Crippen LogP contribution in [0.1, 0.15) is 54.0 Å². The maximum absolute atomic E-state index is 13.6. The fourth-order valence-corrected chi connectivity index (χ4v) is 3.81. The summed E-state index contributed by atoms with van der Waals surface area (Å²) in [4.78, 5) is 33.8. The minimum atomic E-state index is -0.502. The lowest BCUT2D eigenvalue weighted by atomic mass is 9.99. The smallest absolute Gasteiger partial charge is 0.259 e. The molecule has 1 aliphatic heterocycles. The lowest BCUT2D eigenvalue weighted by Crippen LogP contribution is -2.50. The summed E-state index contributed by atoms with van der Waals surface area (Å²) in [5.41, 5.74) is 1.09. The van der Waals surface area contributed by atoms with Gasteiger partial charge in [-0.1, -0.05) is 38.7 Å². The van der Waals surface area contributed by atoms with Crippen LogP contribution in [-0.4, -0.2) is 70.6 Å². The molecular weight excluding hydrogens is 449 g/mol. The lowest BCUT2D eigenvalue weighted by molar-refractivity contribution is 0.0313. The zero-order valence-electron chi connectivity index (χ0n) is 20.8. The van der Waals surface area contributed by atoms with Crippen molar-refractivity contribution < 1.29 is 23.8 Å². The van der Waals surface area contributed by atoms with Gasteiger partial charge in [0, 0.05) is 42.8 Å². The third-order valence-corrected chi connectivity index (χ3v) is 5.90. The number of carbonyl (C=O) groups excluding carboxylic acids is 2. The van der Waals surface area contributed by atoms with Crippen molar-refractivity contribution in [3.63, 3.8) is 0 Å². The SMILES string of the molecule is CC(C)C#Cc1cnc2c(c1)C(=O)N([C@@H](C)CO)C[C@H](C)[C@H](CN(C)C(=O)c1cccc(F)c1)O2. The second-order valence-electron chi connectivity index (χ2n) is 9.32. The van der Waals surface area contributed by atoms with E-state index in [1.165, 1.54) is 23.1 Å². The molecule has 7 nitrogen and oxygen atoms in total. The second kappa shape index (κ2) is 11.3. The molecule has 186 valence electrons. The third-order valence-electron chi connectivity index (χ3n) is 5.90. The van der Waals surface area contributed by atoms with Crippen molar-refractivity contribution in [1.82, 2.24) is 14.8 Å². The molecule has 8 heteroatoms. The zero-order chi connectivity index (χ0) is 25.7. The normalized spacial score (nSPS) is 18.5. The molecule has 3 rings (SSSR count). The van der Waals surface area contributed by atoms with Gasteiger partial charge >= 0.3 is 0 Å². The fraction of sp³-hybridized carbons (Fsp3) is 0.444. The van der Waals surface area contributed by atoms with Crippen molar-refractivity contribution in [2.75, 3.05) is 26.7 Å². The van der Waals surface area contributed by atoms with Gasteiger partial charge in [0.1, 0.15) is 17.5 Å². The van der Waals surface area contributed by atoms with Crippen molar-refractivity contribution in [3.8, 4) is 17.7 Å². The van der Waals surface area contributed by atoms with E-state index in [-0.39, 0.29) is 53.8 Å². The topological polar surface area (TPSA) is 83.0 Å². The summed E-state index contributed by atoms with van der Waals surface area (Å²) in [6.45, 7) is 7.95. The molecule has 0 saturated carbocycles. The van der Waals surface area contributed by atoms with Gasteiger partial charge in [0.15, 0.2) is 0 Å². The molecule has 0 unspecified atom stereocenters. The Morgan fingerprint density at radius 2 is 2.09 bits per heavy atom. The predicted molar refractivity (Wildman–Crippen MR) is 130 cm³/mol. The fourth-order valence-electron chi connectivity index (χ4n) is 3.81. The van der Waals surface area contributed by atoms with Crippen LogP contribution in [0, 0.1) is 29.5 Å². The number of rotatable bonds is 5. The average Bonchev–Trinajstić information content (AvgIpc) is 2.83. The first-order valence-corrected chi connectivity index (χ1v) is 11.7. The number of amides is 2. The quantitative estimate of drug-likeness (QED) is 0.663. The van der Waals surface area contributed by atoms with Crippen molar-refractivity contribution in [2.45, 2.75) is 39.8 Å². The van der Waals surface area contributed by atoms with Crippen LogP contribution in [0.3, 0.4) is 0 Å². The molecule has 0 spiro atoms. The number of pyridine rings is 1. The van der Waals surface area contributed by atoms with Crippen LogP contribution >= 0.6 is 0 Å². The highest BCUT2D eigenvalue weighted by molar-refractivity contribution is 5.97. The number of aliphatic hydroxyl groups excluding tert-OH is 1. The minimum absolute atomic E-state index is 0.156. The Morgan fingerprint density at radius 3 is 2.74 bits per heavy atom. The third kappa shape index (κ3) is 6.37. The summed E-state index contributed by atoms with van der Waals surface area (Å²) >= 11 is 0. The molecule has 2 amide bonds. The summed E-state index contributed by atoms with van der Waals surface area (Å²) in [6.07, 6.45) is 1.06. The van der Waals surface area contributed by atoms with Gasteiger partial charge in [-0.05, 0) is 31.2 Å². The van der Waals surface area contributed by atoms with Gasteiger partial charge in [-0.3, -0.25) is 9.59 Å². The van der Waals surface area contributed by atoms with E-state index in [0.29, 0.717) is 12.1 Å². The van der Waals surface area contributed by atoms with E-state index in [1.54, 1.807) is 37.2 Å². The van der Waals surface area contributed by atoms with E-state index in [2.05, 4.69) is 16.8 Å². The Labute approximate surface area is 205 Å². The molecule has 1 aromatic carbocycles. The number of aromatic nitrogens is 1. The number of benzene rings is 1. The zero-order valence-corrected chi connectivity index (χ0v) is 20.8. The summed E-state index contributed by atoms with van der Waals surface area (Å²) in [5.74, 6) is 5.10. The highest BCUT2D eigenvalue weighted by Crippen LogP contribution is 2.27. The predicted octanol–water partition coefficient (Wildman–Crippen LogP) is 3.22. The number of halogens is 1. The van der Waals surface area contributed by atoms with Gasteiger partial charge in [-0.25, -0.2) is 9.37 Å². The second-order valence-corrected chi connectivity index (χ2v) is 9.32. The maximum atomic E-state index is 13.6. The molecule has 1 aromatic heterocycles. The van der Waals surface area contributed by atoms with Crippen molar-refractivity contribution in [2.24, 2.45) is 11.8 Å². The van der Waals surface area contributed by atoms with E-state index < -0.39 is 18.0 Å². The molecule has 35 heavy (non-hydrogen) atoms. The molecule has 1 N–H and O–H groups in total. The highest BCUT2D eigenvalue weighted by Gasteiger charge is 2.34. The largest absolute Gasteiger partial charge is 0.472 e. The maximum Gasteiger partial charge on any atom is 0.259 e. The first kappa shape index (κ1) is 26.2. The number of nitrogens with zero attached hydrogens (tertiary/aromatic N) is 3. The van der Waals surface area contributed by atoms with Crippen LogP contribution in [0.15, 0.2) is 36.5 Å². The molecule has 0 fully saturated rings. The Kier molecular flexibility index (Phi) is 8.47. The number of hydrogen-bond acceptors (Lipinski definition) is 5. The molecule has 2 heterocycles. The number of likely N-dealkylation sites (N-methyl/N-ethyl adjacent to an activating group) is 1. The molecule has 0 saturated heterocycles. The van der Waals surface area contributed by atoms with Gasteiger partial charge in [0.2, 0.25) is 5.88 Å². The molecule has 3 atom stereocenters. The molecular formula is C27H32FN3O4. The van der Waals surface area contributed by atoms with E-state index in [4.69, 9.17) is 4.74 Å². The van der Waals surface area contributed by atoms with E-state index in [0.717, 1.165) is 0 Å². The first-order chi connectivity index (χ1) is 16.6. The summed E-state index contributed by atoms with van der Waals surface area (Å²) in [6, 6.07) is 6.77. The van der Waals surface area contributed by atoms with Crippen LogP contribution in [-0.2, 0) is 0 Å². The first-order valence-electron chi connectivity index (χ1n) is 11.7. The van der Waals surface area contributed by atoms with Crippen molar-refractivity contribution >= 4 is 11.8 Å². The van der Waals surface area contributed by atoms with Crippen LogP contribution in [0.5, 0.6) is 5.88 Å². The van der Waals surface area contributed by atoms with Gasteiger partial charge < -0.3 is 19.6 Å². The average molecular weight is 482 g/mol. The molecule has 2 aromatic rings. The summed E-state index contributed by atoms with van der Waals surface area (Å²) < 4.78 is 19.8. The van der Waals surface area contributed by atoms with Crippen LogP contribution in [0.4, 0.5) is 4.39 Å². The van der Waals surface area contributed by atoms with Gasteiger partial charge in [0.05, 0.1) is 19.2 Å². The molecule has 0 radical (unpaired) electrons. The number of aliphatic hydroxyl groups is 1. The lowest BCUT2D eigenvalue weighted by Gasteiger charge is -2.37. The van der Waals surface area contributed by atoms with Gasteiger partial charge in [-0.2, -0.15) is 0 Å². The Bertz CT molecular complexity index is 1140. The highest BCUT2D eigenvalue weighted by atomic mass is 19.1. The van der Waals surface area contributed by atoms with Crippen LogP contribution in [0.2, 0.25) is 0 Å². The Morgan fingerprint density at radius 1 is 1.34 bits per heavy atom. The number of ether oxygens (including phenoxy) is 1. The van der Waals surface area contributed by atoms with E-state index in [9.17, 15) is 19.1 Å². The van der Waals surface area contributed by atoms with Crippen LogP contribution < -0.4 is 4.74 Å². The van der Waals surface area contributed by atoms with Gasteiger partial charge in [0.25, 0.3) is 11.8 Å². The Hall–Kier alpha value is -3.44. The standard InChI is InChI=1S/C27H32FN3O4/c1-17(2)9-10-20-11-23-25(29-13-20)35-24(18(3)14-31(27(23)34)19(4)16-32)15-30(5)26(33)21-7-6-8-22(28)12-21/h6-8,11-13,17-19,24,32H,14-16H2,1-5H3/t18-,19-,24-/m0/s1. The Balaban J connectivity index is 1.95. The number of fused-ring (bicyclic) bond motifs is 1. The van der Waals surface area contributed by atoms with E-state index >= 15 is 0 Å². The molecule has 0 aliphatic carbocycles. The molecule has 1 aliphatic rings. The summed E-state index contributed by atoms with van der Waals surface area (Å²) in [7, 11) is 1.63. The van der Waals surface area contributed by atoms with Crippen molar-refractivity contribution in [1.29, 1.82) is 0 Å². The number of hydrogen-bond donors (Lipinski definition) is 1. The minimum Gasteiger partial charge on any atom is -0.472 e. The van der Waals surface area contributed by atoms with Crippen LogP contribution in [0.25, 0.3) is 0 Å². The molecule has 0 bridgehead atoms. The van der Waals surface area contributed by atoms with E-state index in [1.807, 2.05) is 20.8 Å². The number of carbonyl (C=O) groups is 2. The monoisotopic (exact) mass is 481 g/mol. The van der Waals surface area contributed by atoms with Crippen molar-refractivity contribution in [3.05, 3.63) is 59.0 Å². The summed E-state index contributed by atoms with van der Waals surface area (Å²) in [5, 5.41) is 9.79.